The Kier molecular flexibility index (Phi) is 4.36. The maximum atomic E-state index is 3.78. The fraction of sp³-hybridized carbons (Fsp3) is 0. The third-order valence-electron chi connectivity index (χ3n) is 6.83. The van der Waals surface area contributed by atoms with E-state index in [9.17, 15) is 0 Å². The maximum Gasteiger partial charge on any atom is 0.0541 e. The van der Waals surface area contributed by atoms with Crippen molar-refractivity contribution in [3.8, 4) is 16.8 Å². The number of hydrogen-bond donors (Lipinski definition) is 0. The van der Waals surface area contributed by atoms with Crippen molar-refractivity contribution < 1.29 is 0 Å². The molecule has 1 aromatic heterocycles. The van der Waals surface area contributed by atoms with E-state index in [0.717, 1.165) is 4.47 Å². The predicted molar refractivity (Wildman–Crippen MR) is 149 cm³/mol. The van der Waals surface area contributed by atoms with Crippen LogP contribution in [0.3, 0.4) is 0 Å². The molecule has 1 heterocycles. The third kappa shape index (κ3) is 2.92. The molecule has 1 nitrogen and oxygen atoms in total. The van der Waals surface area contributed by atoms with E-state index in [0.29, 0.717) is 0 Å². The van der Waals surface area contributed by atoms with Crippen molar-refractivity contribution >= 4 is 59.3 Å². The van der Waals surface area contributed by atoms with Crippen LogP contribution >= 0.6 is 15.9 Å². The molecule has 0 aliphatic heterocycles. The predicted octanol–water partition coefficient (Wildman–Crippen LogP) is 9.52. The molecule has 0 amide bonds. The van der Waals surface area contributed by atoms with E-state index >= 15 is 0 Å². The van der Waals surface area contributed by atoms with Gasteiger partial charge in [-0.15, -0.1) is 0 Å². The first-order chi connectivity index (χ1) is 16.8. The number of aromatic nitrogens is 1. The van der Waals surface area contributed by atoms with Crippen molar-refractivity contribution in [2.24, 2.45) is 0 Å². The summed E-state index contributed by atoms with van der Waals surface area (Å²) in [6.45, 7) is 0. The van der Waals surface area contributed by atoms with E-state index in [-0.39, 0.29) is 0 Å². The van der Waals surface area contributed by atoms with Gasteiger partial charge in [0.1, 0.15) is 0 Å². The summed E-state index contributed by atoms with van der Waals surface area (Å²) in [7, 11) is 0. The Morgan fingerprint density at radius 1 is 0.500 bits per heavy atom. The van der Waals surface area contributed by atoms with Gasteiger partial charge in [0, 0.05) is 26.3 Å². The molecule has 0 atom stereocenters. The quantitative estimate of drug-likeness (QED) is 0.224. The molecule has 34 heavy (non-hydrogen) atoms. The Morgan fingerprint density at radius 2 is 1.24 bits per heavy atom. The Balaban J connectivity index is 1.52. The van der Waals surface area contributed by atoms with Gasteiger partial charge < -0.3 is 4.57 Å². The van der Waals surface area contributed by atoms with E-state index < -0.39 is 0 Å². The maximum absolute atomic E-state index is 3.78. The molecule has 0 saturated heterocycles. The van der Waals surface area contributed by atoms with Crippen LogP contribution in [-0.4, -0.2) is 4.57 Å². The monoisotopic (exact) mass is 497 g/mol. The van der Waals surface area contributed by atoms with Crippen LogP contribution in [0.2, 0.25) is 0 Å². The number of rotatable bonds is 2. The highest BCUT2D eigenvalue weighted by atomic mass is 79.9. The van der Waals surface area contributed by atoms with Gasteiger partial charge in [0.25, 0.3) is 0 Å². The highest BCUT2D eigenvalue weighted by molar-refractivity contribution is 9.10. The highest BCUT2D eigenvalue weighted by Crippen LogP contribution is 2.38. The fourth-order valence-corrected chi connectivity index (χ4v) is 5.87. The molecule has 0 aliphatic rings. The first-order valence-electron chi connectivity index (χ1n) is 11.5. The summed E-state index contributed by atoms with van der Waals surface area (Å²) >= 11 is 3.78. The van der Waals surface area contributed by atoms with Gasteiger partial charge in [-0.05, 0) is 63.7 Å². The zero-order valence-corrected chi connectivity index (χ0v) is 20.0. The molecule has 0 N–H and O–H groups in total. The van der Waals surface area contributed by atoms with Crippen LogP contribution in [0.4, 0.5) is 0 Å². The number of nitrogens with zero attached hydrogens (tertiary/aromatic N) is 1. The van der Waals surface area contributed by atoms with Crippen molar-refractivity contribution in [3.05, 3.63) is 126 Å². The largest absolute Gasteiger partial charge is 0.309 e. The summed E-state index contributed by atoms with van der Waals surface area (Å²) in [4.78, 5) is 0. The van der Waals surface area contributed by atoms with Gasteiger partial charge in [-0.25, -0.2) is 0 Å². The van der Waals surface area contributed by atoms with Crippen LogP contribution < -0.4 is 0 Å². The zero-order valence-electron chi connectivity index (χ0n) is 18.4. The van der Waals surface area contributed by atoms with Gasteiger partial charge in [-0.2, -0.15) is 0 Å². The van der Waals surface area contributed by atoms with Crippen molar-refractivity contribution in [1.29, 1.82) is 0 Å². The van der Waals surface area contributed by atoms with Gasteiger partial charge in [-0.3, -0.25) is 0 Å². The molecule has 0 saturated carbocycles. The number of hydrogen-bond acceptors (Lipinski definition) is 0. The Morgan fingerprint density at radius 3 is 2.15 bits per heavy atom. The lowest BCUT2D eigenvalue weighted by molar-refractivity contribution is 1.19. The van der Waals surface area contributed by atoms with Crippen molar-refractivity contribution in [2.75, 3.05) is 0 Å². The number of fused-ring (bicyclic) bond motifs is 5. The summed E-state index contributed by atoms with van der Waals surface area (Å²) in [5.41, 5.74) is 6.11. The second kappa shape index (κ2) is 7.58. The first-order valence-corrected chi connectivity index (χ1v) is 12.3. The van der Waals surface area contributed by atoms with E-state index in [1.54, 1.807) is 0 Å². The molecular weight excluding hydrogens is 478 g/mol. The molecule has 0 unspecified atom stereocenters. The van der Waals surface area contributed by atoms with Gasteiger partial charge in [0.05, 0.1) is 11.0 Å². The Labute approximate surface area is 206 Å². The molecule has 6 aromatic carbocycles. The average Bonchev–Trinajstić information content (AvgIpc) is 3.22. The summed E-state index contributed by atoms with van der Waals surface area (Å²) in [6.07, 6.45) is 0. The normalized spacial score (nSPS) is 11.7. The molecule has 7 aromatic rings. The van der Waals surface area contributed by atoms with Crippen LogP contribution in [0.5, 0.6) is 0 Å². The highest BCUT2D eigenvalue weighted by Gasteiger charge is 2.14. The summed E-state index contributed by atoms with van der Waals surface area (Å²) in [5, 5.41) is 7.55. The third-order valence-corrected chi connectivity index (χ3v) is 7.49. The van der Waals surface area contributed by atoms with E-state index in [4.69, 9.17) is 0 Å². The van der Waals surface area contributed by atoms with Crippen LogP contribution in [0, 0.1) is 0 Å². The molecule has 0 fully saturated rings. The number of benzene rings is 6. The number of para-hydroxylation sites is 1. The Bertz CT molecular complexity index is 1870. The zero-order chi connectivity index (χ0) is 22.6. The minimum absolute atomic E-state index is 1.12. The molecule has 0 spiro atoms. The van der Waals surface area contributed by atoms with Crippen LogP contribution in [0.15, 0.2) is 126 Å². The summed E-state index contributed by atoms with van der Waals surface area (Å²) in [5.74, 6) is 0. The number of halogens is 1. The van der Waals surface area contributed by atoms with Gasteiger partial charge in [0.15, 0.2) is 0 Å². The lowest BCUT2D eigenvalue weighted by atomic mass is 9.97. The molecular formula is C32H20BrN. The Hall–Kier alpha value is -3.88. The molecule has 160 valence electrons. The van der Waals surface area contributed by atoms with Crippen molar-refractivity contribution in [3.63, 3.8) is 0 Å². The topological polar surface area (TPSA) is 4.93 Å². The summed E-state index contributed by atoms with van der Waals surface area (Å²) in [6, 6.07) is 43.8. The van der Waals surface area contributed by atoms with Crippen LogP contribution in [-0.2, 0) is 0 Å². The molecule has 2 heteroatoms. The average molecular weight is 498 g/mol. The minimum Gasteiger partial charge on any atom is -0.309 e. The minimum atomic E-state index is 1.12. The standard InChI is InChI=1S/C32H20BrN/c33-29-13-6-10-22-9-5-12-26(32(22)29)24-16-18-31-28(20-24)27-11-3-4-14-30(27)34(31)25-17-15-21-7-1-2-8-23(21)19-25/h1-20H. The second-order valence-electron chi connectivity index (χ2n) is 8.76. The molecule has 0 bridgehead atoms. The van der Waals surface area contributed by atoms with Crippen molar-refractivity contribution in [1.82, 2.24) is 4.57 Å². The lowest BCUT2D eigenvalue weighted by Gasteiger charge is -2.11. The van der Waals surface area contributed by atoms with Crippen molar-refractivity contribution in [2.45, 2.75) is 0 Å². The molecule has 0 aliphatic carbocycles. The van der Waals surface area contributed by atoms with E-state index in [1.165, 1.54) is 60.2 Å². The van der Waals surface area contributed by atoms with E-state index in [2.05, 4.69) is 142 Å². The first kappa shape index (κ1) is 19.6. The van der Waals surface area contributed by atoms with Gasteiger partial charge >= 0.3 is 0 Å². The lowest BCUT2D eigenvalue weighted by Crippen LogP contribution is -1.93. The fourth-order valence-electron chi connectivity index (χ4n) is 5.27. The smallest absolute Gasteiger partial charge is 0.0541 e. The van der Waals surface area contributed by atoms with E-state index in [1.807, 2.05) is 0 Å². The van der Waals surface area contributed by atoms with Crippen LogP contribution in [0.1, 0.15) is 0 Å². The second-order valence-corrected chi connectivity index (χ2v) is 9.61. The SMILES string of the molecule is Brc1cccc2cccc(-c3ccc4c(c3)c3ccccc3n4-c3ccc4ccccc4c3)c12. The molecule has 0 radical (unpaired) electrons. The molecule has 7 rings (SSSR count). The van der Waals surface area contributed by atoms with Gasteiger partial charge in [0.2, 0.25) is 0 Å². The van der Waals surface area contributed by atoms with Crippen LogP contribution in [0.25, 0.3) is 60.2 Å². The summed E-state index contributed by atoms with van der Waals surface area (Å²) < 4.78 is 3.51. The van der Waals surface area contributed by atoms with Gasteiger partial charge in [-0.1, -0.05) is 101 Å².